The molecule has 2 heterocycles. The van der Waals surface area contributed by atoms with Gasteiger partial charge in [0.1, 0.15) is 5.70 Å². The number of halogens is 2. The summed E-state index contributed by atoms with van der Waals surface area (Å²) in [5.74, 6) is 0.660. The third-order valence-corrected chi connectivity index (χ3v) is 6.26. The van der Waals surface area contributed by atoms with Crippen molar-refractivity contribution in [2.45, 2.75) is 65.2 Å². The van der Waals surface area contributed by atoms with Crippen molar-refractivity contribution in [1.29, 1.82) is 0 Å². The van der Waals surface area contributed by atoms with E-state index in [0.717, 1.165) is 23.7 Å². The molecular weight excluding hydrogens is 394 g/mol. The predicted molar refractivity (Wildman–Crippen MR) is 115 cm³/mol. The molecular formula is C22H30F2N2O2S. The standard InChI is InChI=1S/C21H28F2N2S.CH2O2/c1-4-14(2)20(21(22)23)24-18(11-15(3)25-9-5-6-10-25)19-12-17(13-26-19)16-7-8-16;2-1-3/h11-13,16,21H,4-10H2,1-3H3;1H,(H,2,3)/b15-11+,20-14?,24-18?;. The Morgan fingerprint density at radius 2 is 1.97 bits per heavy atom. The molecule has 1 saturated heterocycles. The summed E-state index contributed by atoms with van der Waals surface area (Å²) in [5.41, 5.74) is 3.71. The summed E-state index contributed by atoms with van der Waals surface area (Å²) in [6.07, 6.45) is 4.90. The molecule has 0 aromatic carbocycles. The van der Waals surface area contributed by atoms with Gasteiger partial charge in [-0.25, -0.2) is 13.8 Å². The van der Waals surface area contributed by atoms with Gasteiger partial charge in [-0.05, 0) is 80.5 Å². The lowest BCUT2D eigenvalue weighted by Crippen LogP contribution is -2.17. The Balaban J connectivity index is 0.000000941. The lowest BCUT2D eigenvalue weighted by molar-refractivity contribution is -0.122. The Bertz CT molecular complexity index is 774. The van der Waals surface area contributed by atoms with Crippen LogP contribution >= 0.6 is 11.3 Å². The maximum Gasteiger partial charge on any atom is 0.290 e. The van der Waals surface area contributed by atoms with E-state index in [1.54, 1.807) is 18.3 Å². The van der Waals surface area contributed by atoms with Crippen molar-refractivity contribution >= 4 is 23.5 Å². The topological polar surface area (TPSA) is 52.9 Å². The maximum atomic E-state index is 13.6. The van der Waals surface area contributed by atoms with Crippen LogP contribution in [0.2, 0.25) is 0 Å². The second kappa shape index (κ2) is 11.2. The number of aliphatic imine (C=N–C) groups is 1. The van der Waals surface area contributed by atoms with Gasteiger partial charge >= 0.3 is 0 Å². The third kappa shape index (κ3) is 6.77. The number of hydrogen-bond acceptors (Lipinski definition) is 4. The van der Waals surface area contributed by atoms with E-state index in [4.69, 9.17) is 9.90 Å². The van der Waals surface area contributed by atoms with Gasteiger partial charge < -0.3 is 10.0 Å². The summed E-state index contributed by atoms with van der Waals surface area (Å²) in [4.78, 5) is 16.2. The molecule has 0 radical (unpaired) electrons. The fourth-order valence-electron chi connectivity index (χ4n) is 3.27. The van der Waals surface area contributed by atoms with Crippen LogP contribution < -0.4 is 0 Å². The molecule has 0 bridgehead atoms. The van der Waals surface area contributed by atoms with Crippen LogP contribution in [0.15, 0.2) is 39.5 Å². The van der Waals surface area contributed by atoms with Crippen LogP contribution in [-0.4, -0.2) is 41.7 Å². The molecule has 0 atom stereocenters. The van der Waals surface area contributed by atoms with E-state index in [9.17, 15) is 8.78 Å². The van der Waals surface area contributed by atoms with E-state index in [-0.39, 0.29) is 12.2 Å². The van der Waals surface area contributed by atoms with E-state index in [1.807, 2.05) is 13.0 Å². The van der Waals surface area contributed by atoms with Crippen molar-refractivity contribution in [2.24, 2.45) is 4.99 Å². The quantitative estimate of drug-likeness (QED) is 0.427. The van der Waals surface area contributed by atoms with E-state index < -0.39 is 6.43 Å². The SMILES string of the molecule is CCC(C)=C(N=C(/C=C(\C)N1CCCC1)c1cc(C2CC2)cs1)C(F)F.O=CO. The minimum Gasteiger partial charge on any atom is -0.483 e. The number of allylic oxidation sites excluding steroid dienone is 4. The van der Waals surface area contributed by atoms with Crippen LogP contribution in [0.4, 0.5) is 8.78 Å². The van der Waals surface area contributed by atoms with Gasteiger partial charge in [0.2, 0.25) is 0 Å². The Kier molecular flexibility index (Phi) is 9.01. The number of rotatable bonds is 7. The van der Waals surface area contributed by atoms with Crippen molar-refractivity contribution in [2.75, 3.05) is 13.1 Å². The van der Waals surface area contributed by atoms with Crippen molar-refractivity contribution in [3.8, 4) is 0 Å². The number of carbonyl (C=O) groups is 1. The van der Waals surface area contributed by atoms with Gasteiger partial charge in [0, 0.05) is 18.8 Å². The molecule has 1 aromatic heterocycles. The number of likely N-dealkylation sites (tertiary alicyclic amines) is 1. The largest absolute Gasteiger partial charge is 0.483 e. The number of nitrogens with zero attached hydrogens (tertiary/aromatic N) is 2. The average molecular weight is 425 g/mol. The Hall–Kier alpha value is -2.02. The number of alkyl halides is 2. The van der Waals surface area contributed by atoms with E-state index in [2.05, 4.69) is 28.3 Å². The Morgan fingerprint density at radius 3 is 2.48 bits per heavy atom. The van der Waals surface area contributed by atoms with Crippen LogP contribution in [0.25, 0.3) is 0 Å². The zero-order chi connectivity index (χ0) is 21.4. The minimum absolute atomic E-state index is 0.0747. The highest BCUT2D eigenvalue weighted by atomic mass is 32.1. The molecule has 1 aliphatic carbocycles. The predicted octanol–water partition coefficient (Wildman–Crippen LogP) is 6.06. The fourth-order valence-corrected chi connectivity index (χ4v) is 4.23. The molecule has 4 nitrogen and oxygen atoms in total. The summed E-state index contributed by atoms with van der Waals surface area (Å²) in [5, 5.41) is 9.06. The summed E-state index contributed by atoms with van der Waals surface area (Å²) >= 11 is 1.62. The molecule has 0 unspecified atom stereocenters. The van der Waals surface area contributed by atoms with Gasteiger partial charge in [0.25, 0.3) is 12.9 Å². The first-order chi connectivity index (χ1) is 13.9. The second-order valence-corrected chi connectivity index (χ2v) is 8.33. The molecule has 1 N–H and O–H groups in total. The number of thiophene rings is 1. The van der Waals surface area contributed by atoms with E-state index in [0.29, 0.717) is 23.6 Å². The summed E-state index contributed by atoms with van der Waals surface area (Å²) in [7, 11) is 0. The fraction of sp³-hybridized carbons (Fsp3) is 0.545. The lowest BCUT2D eigenvalue weighted by atomic mass is 10.1. The summed E-state index contributed by atoms with van der Waals surface area (Å²) in [6, 6.07) is 2.15. The van der Waals surface area contributed by atoms with Crippen LogP contribution in [0, 0.1) is 0 Å². The van der Waals surface area contributed by atoms with E-state index in [1.165, 1.54) is 31.2 Å². The molecule has 160 valence electrons. The molecule has 1 saturated carbocycles. The van der Waals surface area contributed by atoms with E-state index >= 15 is 0 Å². The number of carboxylic acid groups (broad SMARTS) is 1. The average Bonchev–Trinajstić information content (AvgIpc) is 3.19. The molecule has 0 amide bonds. The minimum atomic E-state index is -2.55. The maximum absolute atomic E-state index is 13.6. The molecule has 2 aliphatic rings. The molecule has 1 aliphatic heterocycles. The smallest absolute Gasteiger partial charge is 0.290 e. The second-order valence-electron chi connectivity index (χ2n) is 7.42. The molecule has 29 heavy (non-hydrogen) atoms. The van der Waals surface area contributed by atoms with Crippen molar-refractivity contribution in [1.82, 2.24) is 4.90 Å². The van der Waals surface area contributed by atoms with Gasteiger partial charge in [-0.3, -0.25) is 4.79 Å². The Labute approximate surface area is 175 Å². The monoisotopic (exact) mass is 424 g/mol. The zero-order valence-corrected chi connectivity index (χ0v) is 18.1. The molecule has 7 heteroatoms. The van der Waals surface area contributed by atoms with Crippen LogP contribution in [-0.2, 0) is 4.79 Å². The lowest BCUT2D eigenvalue weighted by Gasteiger charge is -2.18. The van der Waals surface area contributed by atoms with Crippen molar-refractivity contribution in [3.05, 3.63) is 44.9 Å². The van der Waals surface area contributed by atoms with Crippen molar-refractivity contribution in [3.63, 3.8) is 0 Å². The molecule has 1 aromatic rings. The normalized spacial score (nSPS) is 18.5. The molecule has 2 fully saturated rings. The highest BCUT2D eigenvalue weighted by Crippen LogP contribution is 2.42. The van der Waals surface area contributed by atoms with Crippen LogP contribution in [0.5, 0.6) is 0 Å². The van der Waals surface area contributed by atoms with Gasteiger partial charge in [-0.15, -0.1) is 11.3 Å². The highest BCUT2D eigenvalue weighted by Gasteiger charge is 2.25. The van der Waals surface area contributed by atoms with Gasteiger partial charge in [0.15, 0.2) is 0 Å². The van der Waals surface area contributed by atoms with Gasteiger partial charge in [-0.1, -0.05) is 6.92 Å². The Morgan fingerprint density at radius 1 is 1.34 bits per heavy atom. The van der Waals surface area contributed by atoms with Crippen molar-refractivity contribution < 1.29 is 18.7 Å². The highest BCUT2D eigenvalue weighted by molar-refractivity contribution is 7.12. The summed E-state index contributed by atoms with van der Waals surface area (Å²) in [6.45, 7) is 7.55. The summed E-state index contributed by atoms with van der Waals surface area (Å²) < 4.78 is 27.2. The first kappa shape index (κ1) is 23.3. The molecule has 3 rings (SSSR count). The number of hydrogen-bond donors (Lipinski definition) is 1. The van der Waals surface area contributed by atoms with Gasteiger partial charge in [0.05, 0.1) is 10.6 Å². The molecule has 0 spiro atoms. The van der Waals surface area contributed by atoms with Crippen LogP contribution in [0.1, 0.15) is 69.2 Å². The third-order valence-electron chi connectivity index (χ3n) is 5.29. The van der Waals surface area contributed by atoms with Gasteiger partial charge in [-0.2, -0.15) is 0 Å². The zero-order valence-electron chi connectivity index (χ0n) is 17.3. The van der Waals surface area contributed by atoms with Crippen LogP contribution in [0.3, 0.4) is 0 Å². The first-order valence-electron chi connectivity index (χ1n) is 10.1. The first-order valence-corrected chi connectivity index (χ1v) is 11.0.